The number of halogens is 1. The van der Waals surface area contributed by atoms with Gasteiger partial charge in [-0.3, -0.25) is 4.79 Å². The van der Waals surface area contributed by atoms with Gasteiger partial charge < -0.3 is 10.1 Å². The maximum absolute atomic E-state index is 13.3. The Kier molecular flexibility index (Phi) is 4.73. The molecule has 0 saturated heterocycles. The number of nitriles is 1. The van der Waals surface area contributed by atoms with Gasteiger partial charge in [0, 0.05) is 11.1 Å². The molecule has 0 fully saturated rings. The van der Waals surface area contributed by atoms with Crippen molar-refractivity contribution in [1.82, 2.24) is 4.98 Å². The zero-order valence-corrected chi connectivity index (χ0v) is 13.9. The predicted octanol–water partition coefficient (Wildman–Crippen LogP) is 4.08. The molecule has 124 valence electrons. The molecule has 1 aromatic heterocycles. The van der Waals surface area contributed by atoms with E-state index in [0.29, 0.717) is 16.4 Å². The number of thiazole rings is 1. The summed E-state index contributed by atoms with van der Waals surface area (Å²) in [6.45, 7) is 0. The number of para-hydroxylation sites is 1. The smallest absolute Gasteiger partial charge is 0.275 e. The lowest BCUT2D eigenvalue weighted by Crippen LogP contribution is -2.12. The molecule has 0 radical (unpaired) electrons. The number of hydrogen-bond acceptors (Lipinski definition) is 5. The van der Waals surface area contributed by atoms with Crippen molar-refractivity contribution in [2.45, 2.75) is 0 Å². The zero-order chi connectivity index (χ0) is 17.8. The quantitative estimate of drug-likeness (QED) is 0.767. The number of amides is 1. The molecule has 0 atom stereocenters. The summed E-state index contributed by atoms with van der Waals surface area (Å²) in [5.41, 5.74) is 1.22. The second kappa shape index (κ2) is 7.11. The average Bonchev–Trinajstić information content (AvgIpc) is 3.13. The molecule has 0 spiro atoms. The molecule has 3 rings (SSSR count). The Morgan fingerprint density at radius 2 is 2.12 bits per heavy atom. The summed E-state index contributed by atoms with van der Waals surface area (Å²) in [6, 6.07) is 12.9. The molecule has 0 aliphatic rings. The molecule has 5 nitrogen and oxygen atoms in total. The minimum Gasteiger partial charge on any atom is -0.496 e. The molecule has 0 saturated carbocycles. The van der Waals surface area contributed by atoms with Crippen LogP contribution in [0.25, 0.3) is 10.6 Å². The van der Waals surface area contributed by atoms with Crippen LogP contribution in [-0.2, 0) is 0 Å². The molecule has 2 aromatic carbocycles. The van der Waals surface area contributed by atoms with Gasteiger partial charge >= 0.3 is 0 Å². The average molecular weight is 353 g/mol. The summed E-state index contributed by atoms with van der Waals surface area (Å²) in [7, 11) is 1.57. The second-order valence-electron chi connectivity index (χ2n) is 5.00. The van der Waals surface area contributed by atoms with Crippen LogP contribution in [0.1, 0.15) is 16.1 Å². The highest BCUT2D eigenvalue weighted by atomic mass is 32.1. The van der Waals surface area contributed by atoms with Gasteiger partial charge in [-0.2, -0.15) is 5.26 Å². The van der Waals surface area contributed by atoms with E-state index in [1.807, 2.05) is 24.3 Å². The van der Waals surface area contributed by atoms with Crippen molar-refractivity contribution in [3.8, 4) is 22.4 Å². The van der Waals surface area contributed by atoms with Gasteiger partial charge in [0.1, 0.15) is 28.3 Å². The van der Waals surface area contributed by atoms with Gasteiger partial charge in [0.05, 0.1) is 18.2 Å². The molecule has 0 aliphatic carbocycles. The third kappa shape index (κ3) is 3.49. The van der Waals surface area contributed by atoms with E-state index in [1.165, 1.54) is 23.5 Å². The summed E-state index contributed by atoms with van der Waals surface area (Å²) in [4.78, 5) is 16.7. The highest BCUT2D eigenvalue weighted by molar-refractivity contribution is 7.13. The molecule has 7 heteroatoms. The number of ether oxygens (including phenoxy) is 1. The zero-order valence-electron chi connectivity index (χ0n) is 13.1. The van der Waals surface area contributed by atoms with Crippen molar-refractivity contribution in [2.24, 2.45) is 0 Å². The Hall–Kier alpha value is -3.24. The number of nitrogens with one attached hydrogen (secondary N) is 1. The molecule has 25 heavy (non-hydrogen) atoms. The maximum atomic E-state index is 13.3. The Balaban J connectivity index is 1.83. The van der Waals surface area contributed by atoms with Crippen molar-refractivity contribution in [3.63, 3.8) is 0 Å². The normalized spacial score (nSPS) is 10.1. The molecule has 0 unspecified atom stereocenters. The van der Waals surface area contributed by atoms with Crippen LogP contribution >= 0.6 is 11.3 Å². The minimum absolute atomic E-state index is 0.134. The number of aromatic nitrogens is 1. The van der Waals surface area contributed by atoms with Gasteiger partial charge in [0.25, 0.3) is 5.91 Å². The Morgan fingerprint density at radius 3 is 2.88 bits per heavy atom. The van der Waals surface area contributed by atoms with Crippen molar-refractivity contribution in [1.29, 1.82) is 5.26 Å². The first-order valence-electron chi connectivity index (χ1n) is 7.22. The standard InChI is InChI=1S/C18H12FN3O2S/c1-24-16-5-3-2-4-13(16)18-22-15(10-25-18)17(23)21-12-6-7-14(19)11(8-12)9-20/h2-8,10H,1H3,(H,21,23). The van der Waals surface area contributed by atoms with Crippen molar-refractivity contribution in [3.05, 3.63) is 64.9 Å². The fraction of sp³-hybridized carbons (Fsp3) is 0.0556. The van der Waals surface area contributed by atoms with Crippen LogP contribution in [0.3, 0.4) is 0 Å². The monoisotopic (exact) mass is 353 g/mol. The van der Waals surface area contributed by atoms with Crippen LogP contribution in [0.2, 0.25) is 0 Å². The van der Waals surface area contributed by atoms with E-state index >= 15 is 0 Å². The third-order valence-electron chi connectivity index (χ3n) is 3.42. The molecule has 1 heterocycles. The van der Waals surface area contributed by atoms with Crippen LogP contribution in [-0.4, -0.2) is 18.0 Å². The Morgan fingerprint density at radius 1 is 1.32 bits per heavy atom. The van der Waals surface area contributed by atoms with Gasteiger partial charge in [0.2, 0.25) is 0 Å². The fourth-order valence-corrected chi connectivity index (χ4v) is 3.04. The molecular formula is C18H12FN3O2S. The molecular weight excluding hydrogens is 341 g/mol. The summed E-state index contributed by atoms with van der Waals surface area (Å²) >= 11 is 1.32. The SMILES string of the molecule is COc1ccccc1-c1nc(C(=O)Nc2ccc(F)c(C#N)c2)cs1. The van der Waals surface area contributed by atoms with Crippen molar-refractivity contribution < 1.29 is 13.9 Å². The topological polar surface area (TPSA) is 75.0 Å². The molecule has 0 bridgehead atoms. The Bertz CT molecular complexity index is 978. The van der Waals surface area contributed by atoms with Gasteiger partial charge in [0.15, 0.2) is 0 Å². The van der Waals surface area contributed by atoms with Crippen molar-refractivity contribution in [2.75, 3.05) is 12.4 Å². The first-order valence-corrected chi connectivity index (χ1v) is 8.10. The van der Waals surface area contributed by atoms with Crippen LogP contribution < -0.4 is 10.1 Å². The van der Waals surface area contributed by atoms with E-state index in [9.17, 15) is 9.18 Å². The number of nitrogens with zero attached hydrogens (tertiary/aromatic N) is 2. The lowest BCUT2D eigenvalue weighted by molar-refractivity contribution is 0.102. The van der Waals surface area contributed by atoms with Gasteiger partial charge in [-0.05, 0) is 30.3 Å². The lowest BCUT2D eigenvalue weighted by atomic mass is 10.2. The summed E-state index contributed by atoms with van der Waals surface area (Å²) in [5.74, 6) is -0.401. The summed E-state index contributed by atoms with van der Waals surface area (Å²) in [5, 5.41) is 13.7. The Labute approximate surface area is 147 Å². The van der Waals surface area contributed by atoms with E-state index in [-0.39, 0.29) is 11.3 Å². The first kappa shape index (κ1) is 16.6. The van der Waals surface area contributed by atoms with Crippen molar-refractivity contribution >= 4 is 22.9 Å². The number of benzene rings is 2. The number of anilines is 1. The van der Waals surface area contributed by atoms with E-state index in [2.05, 4.69) is 10.3 Å². The highest BCUT2D eigenvalue weighted by Gasteiger charge is 2.15. The molecule has 0 aliphatic heterocycles. The summed E-state index contributed by atoms with van der Waals surface area (Å²) < 4.78 is 18.6. The third-order valence-corrected chi connectivity index (χ3v) is 4.29. The molecule has 3 aromatic rings. The van der Waals surface area contributed by atoms with E-state index < -0.39 is 11.7 Å². The number of carbonyl (C=O) groups excluding carboxylic acids is 1. The van der Waals surface area contributed by atoms with Crippen LogP contribution in [0.15, 0.2) is 47.8 Å². The van der Waals surface area contributed by atoms with Gasteiger partial charge in [-0.1, -0.05) is 12.1 Å². The molecule has 1 N–H and O–H groups in total. The highest BCUT2D eigenvalue weighted by Crippen LogP contribution is 2.32. The van der Waals surface area contributed by atoms with E-state index in [4.69, 9.17) is 10.00 Å². The second-order valence-corrected chi connectivity index (χ2v) is 5.86. The largest absolute Gasteiger partial charge is 0.496 e. The lowest BCUT2D eigenvalue weighted by Gasteiger charge is -2.05. The first-order chi connectivity index (χ1) is 12.1. The number of rotatable bonds is 4. The van der Waals surface area contributed by atoms with E-state index in [0.717, 1.165) is 11.6 Å². The van der Waals surface area contributed by atoms with Crippen LogP contribution in [0, 0.1) is 17.1 Å². The predicted molar refractivity (Wildman–Crippen MR) is 93.2 cm³/mol. The number of methoxy groups -OCH3 is 1. The number of hydrogen-bond donors (Lipinski definition) is 1. The minimum atomic E-state index is -0.632. The van der Waals surface area contributed by atoms with E-state index in [1.54, 1.807) is 18.6 Å². The number of carbonyl (C=O) groups is 1. The van der Waals surface area contributed by atoms with Crippen LogP contribution in [0.4, 0.5) is 10.1 Å². The van der Waals surface area contributed by atoms with Crippen LogP contribution in [0.5, 0.6) is 5.75 Å². The molecule has 1 amide bonds. The summed E-state index contributed by atoms with van der Waals surface area (Å²) in [6.07, 6.45) is 0. The maximum Gasteiger partial charge on any atom is 0.275 e. The van der Waals surface area contributed by atoms with Gasteiger partial charge in [-0.15, -0.1) is 11.3 Å². The van der Waals surface area contributed by atoms with Gasteiger partial charge in [-0.25, -0.2) is 9.37 Å². The fourth-order valence-electron chi connectivity index (χ4n) is 2.21.